The van der Waals surface area contributed by atoms with Gasteiger partial charge in [0.15, 0.2) is 0 Å². The summed E-state index contributed by atoms with van der Waals surface area (Å²) in [7, 11) is -1.81. The van der Waals surface area contributed by atoms with Gasteiger partial charge in [0.25, 0.3) is 0 Å². The highest BCUT2D eigenvalue weighted by atomic mass is 32.2. The molecule has 5 nitrogen and oxygen atoms in total. The van der Waals surface area contributed by atoms with Crippen molar-refractivity contribution in [1.82, 2.24) is 4.31 Å². The van der Waals surface area contributed by atoms with E-state index in [1.54, 1.807) is 0 Å². The van der Waals surface area contributed by atoms with Crippen molar-refractivity contribution in [3.05, 3.63) is 0 Å². The molecule has 1 fully saturated rings. The van der Waals surface area contributed by atoms with Crippen molar-refractivity contribution in [2.24, 2.45) is 0 Å². The molecule has 0 spiro atoms. The van der Waals surface area contributed by atoms with Gasteiger partial charge in [-0.15, -0.1) is 0 Å². The van der Waals surface area contributed by atoms with Crippen LogP contribution >= 0.6 is 0 Å². The Bertz CT molecular complexity index is 319. The highest BCUT2D eigenvalue weighted by Gasteiger charge is 2.31. The predicted octanol–water partition coefficient (Wildman–Crippen LogP) is 0.665. The van der Waals surface area contributed by atoms with Crippen LogP contribution in [-0.4, -0.2) is 42.6 Å². The Morgan fingerprint density at radius 3 is 2.40 bits per heavy atom. The summed E-state index contributed by atoms with van der Waals surface area (Å²) in [6.45, 7) is 0.0637. The Morgan fingerprint density at radius 2 is 1.93 bits per heavy atom. The monoisotopic (exact) mass is 235 g/mol. The highest BCUT2D eigenvalue weighted by Crippen LogP contribution is 2.26. The third kappa shape index (κ3) is 3.17. The molecule has 1 aliphatic carbocycles. The molecule has 88 valence electrons. The number of sulfonamides is 1. The molecule has 0 heterocycles. The number of carbonyl (C=O) groups is 1. The summed E-state index contributed by atoms with van der Waals surface area (Å²) in [5.41, 5.74) is 0. The van der Waals surface area contributed by atoms with E-state index < -0.39 is 16.0 Å². The highest BCUT2D eigenvalue weighted by molar-refractivity contribution is 7.89. The van der Waals surface area contributed by atoms with E-state index in [1.807, 2.05) is 0 Å². The van der Waals surface area contributed by atoms with Crippen molar-refractivity contribution in [3.63, 3.8) is 0 Å². The van der Waals surface area contributed by atoms with E-state index >= 15 is 0 Å². The molecule has 1 aliphatic rings. The number of aliphatic carboxylic acids is 1. The van der Waals surface area contributed by atoms with Gasteiger partial charge in [0.05, 0.1) is 11.7 Å². The molecule has 15 heavy (non-hydrogen) atoms. The first-order valence-corrected chi connectivity index (χ1v) is 6.62. The van der Waals surface area contributed by atoms with Crippen LogP contribution in [0.5, 0.6) is 0 Å². The quantitative estimate of drug-likeness (QED) is 0.759. The normalized spacial score (nSPS) is 18.5. The molecule has 0 amide bonds. The largest absolute Gasteiger partial charge is 0.481 e. The van der Waals surface area contributed by atoms with E-state index in [9.17, 15) is 13.2 Å². The van der Waals surface area contributed by atoms with Gasteiger partial charge in [-0.1, -0.05) is 12.8 Å². The second kappa shape index (κ2) is 4.94. The average Bonchev–Trinajstić information content (AvgIpc) is 2.66. The SMILES string of the molecule is CN(CCC(=O)O)S(=O)(=O)C1CCCC1. The summed E-state index contributed by atoms with van der Waals surface area (Å²) in [6, 6.07) is 0. The molecule has 0 aromatic heterocycles. The lowest BCUT2D eigenvalue weighted by atomic mass is 10.4. The maximum absolute atomic E-state index is 11.9. The number of hydrogen-bond acceptors (Lipinski definition) is 3. The second-order valence-electron chi connectivity index (χ2n) is 3.92. The maximum atomic E-state index is 11.9. The van der Waals surface area contributed by atoms with Gasteiger partial charge >= 0.3 is 5.97 Å². The summed E-state index contributed by atoms with van der Waals surface area (Å²) >= 11 is 0. The van der Waals surface area contributed by atoms with Crippen LogP contribution in [0.2, 0.25) is 0 Å². The van der Waals surface area contributed by atoms with Crippen molar-refractivity contribution < 1.29 is 18.3 Å². The van der Waals surface area contributed by atoms with E-state index in [0.29, 0.717) is 12.8 Å². The lowest BCUT2D eigenvalue weighted by Crippen LogP contribution is -2.36. The molecule has 0 bridgehead atoms. The molecule has 0 radical (unpaired) electrons. The number of carboxylic acid groups (broad SMARTS) is 1. The van der Waals surface area contributed by atoms with E-state index in [1.165, 1.54) is 11.4 Å². The molecular formula is C9H17NO4S. The summed E-state index contributed by atoms with van der Waals surface area (Å²) in [5.74, 6) is -0.969. The topological polar surface area (TPSA) is 74.7 Å². The first kappa shape index (κ1) is 12.4. The summed E-state index contributed by atoms with van der Waals surface area (Å²) in [6.07, 6.45) is 3.19. The van der Waals surface area contributed by atoms with Crippen LogP contribution in [0.4, 0.5) is 0 Å². The lowest BCUT2D eigenvalue weighted by Gasteiger charge is -2.20. The Hall–Kier alpha value is -0.620. The predicted molar refractivity (Wildman–Crippen MR) is 56.1 cm³/mol. The fourth-order valence-corrected chi connectivity index (χ4v) is 3.60. The van der Waals surface area contributed by atoms with Crippen LogP contribution < -0.4 is 0 Å². The van der Waals surface area contributed by atoms with E-state index in [-0.39, 0.29) is 18.2 Å². The van der Waals surface area contributed by atoms with Gasteiger partial charge in [-0.05, 0) is 12.8 Å². The molecule has 0 aromatic carbocycles. The number of carboxylic acids is 1. The number of nitrogens with zero attached hydrogens (tertiary/aromatic N) is 1. The minimum absolute atomic E-state index is 0.0637. The van der Waals surface area contributed by atoms with Gasteiger partial charge < -0.3 is 5.11 Å². The molecule has 1 rings (SSSR count). The second-order valence-corrected chi connectivity index (χ2v) is 6.24. The Morgan fingerprint density at radius 1 is 1.40 bits per heavy atom. The zero-order chi connectivity index (χ0) is 11.5. The Kier molecular flexibility index (Phi) is 4.10. The van der Waals surface area contributed by atoms with Crippen LogP contribution in [0.3, 0.4) is 0 Å². The number of hydrogen-bond donors (Lipinski definition) is 1. The molecule has 0 saturated heterocycles. The minimum Gasteiger partial charge on any atom is -0.481 e. The van der Waals surface area contributed by atoms with Gasteiger partial charge in [-0.2, -0.15) is 0 Å². The third-order valence-corrected chi connectivity index (χ3v) is 5.16. The van der Waals surface area contributed by atoms with E-state index in [0.717, 1.165) is 12.8 Å². The Labute approximate surface area is 90.1 Å². The molecule has 6 heteroatoms. The van der Waals surface area contributed by atoms with Crippen LogP contribution in [0.15, 0.2) is 0 Å². The minimum atomic E-state index is -3.26. The Balaban J connectivity index is 2.56. The van der Waals surface area contributed by atoms with E-state index in [2.05, 4.69) is 0 Å². The summed E-state index contributed by atoms with van der Waals surface area (Å²) in [5, 5.41) is 8.18. The van der Waals surface area contributed by atoms with Crippen LogP contribution in [0, 0.1) is 0 Å². The smallest absolute Gasteiger partial charge is 0.304 e. The van der Waals surface area contributed by atoms with Crippen LogP contribution in [-0.2, 0) is 14.8 Å². The zero-order valence-electron chi connectivity index (χ0n) is 8.85. The van der Waals surface area contributed by atoms with Gasteiger partial charge in [-0.25, -0.2) is 12.7 Å². The summed E-state index contributed by atoms with van der Waals surface area (Å²) in [4.78, 5) is 10.3. The molecule has 0 aromatic rings. The van der Waals surface area contributed by atoms with Crippen molar-refractivity contribution in [3.8, 4) is 0 Å². The lowest BCUT2D eigenvalue weighted by molar-refractivity contribution is -0.137. The molecule has 0 aliphatic heterocycles. The fourth-order valence-electron chi connectivity index (χ4n) is 1.82. The van der Waals surface area contributed by atoms with Gasteiger partial charge in [0.2, 0.25) is 10.0 Å². The third-order valence-electron chi connectivity index (χ3n) is 2.80. The molecule has 0 atom stereocenters. The molecular weight excluding hydrogens is 218 g/mol. The molecule has 1 saturated carbocycles. The fraction of sp³-hybridized carbons (Fsp3) is 0.889. The van der Waals surface area contributed by atoms with Crippen molar-refractivity contribution >= 4 is 16.0 Å². The van der Waals surface area contributed by atoms with Gasteiger partial charge in [0, 0.05) is 13.6 Å². The number of rotatable bonds is 5. The van der Waals surface area contributed by atoms with E-state index in [4.69, 9.17) is 5.11 Å². The average molecular weight is 235 g/mol. The van der Waals surface area contributed by atoms with Crippen molar-refractivity contribution in [1.29, 1.82) is 0 Å². The van der Waals surface area contributed by atoms with Crippen molar-refractivity contribution in [2.45, 2.75) is 37.4 Å². The maximum Gasteiger partial charge on any atom is 0.304 e. The van der Waals surface area contributed by atoms with Gasteiger partial charge in [-0.3, -0.25) is 4.79 Å². The van der Waals surface area contributed by atoms with Crippen LogP contribution in [0.25, 0.3) is 0 Å². The van der Waals surface area contributed by atoms with Gasteiger partial charge in [0.1, 0.15) is 0 Å². The first-order valence-electron chi connectivity index (χ1n) is 5.11. The zero-order valence-corrected chi connectivity index (χ0v) is 9.66. The van der Waals surface area contributed by atoms with Crippen LogP contribution in [0.1, 0.15) is 32.1 Å². The van der Waals surface area contributed by atoms with Crippen molar-refractivity contribution in [2.75, 3.05) is 13.6 Å². The standard InChI is InChI=1S/C9H17NO4S/c1-10(7-6-9(11)12)15(13,14)8-4-2-3-5-8/h8H,2-7H2,1H3,(H,11,12). The molecule has 1 N–H and O–H groups in total. The summed E-state index contributed by atoms with van der Waals surface area (Å²) < 4.78 is 24.9. The molecule has 0 unspecified atom stereocenters. The first-order chi connectivity index (χ1) is 6.94.